The summed E-state index contributed by atoms with van der Waals surface area (Å²) in [7, 11) is -4.01. The summed E-state index contributed by atoms with van der Waals surface area (Å²) < 4.78 is 37.3. The van der Waals surface area contributed by atoms with Crippen molar-refractivity contribution in [1.82, 2.24) is 4.72 Å². The van der Waals surface area contributed by atoms with Crippen LogP contribution in [-0.2, 0) is 16.6 Å². The van der Waals surface area contributed by atoms with Crippen LogP contribution in [0.2, 0.25) is 0 Å². The lowest BCUT2D eigenvalue weighted by Crippen LogP contribution is -2.24. The van der Waals surface area contributed by atoms with E-state index in [1.54, 1.807) is 18.2 Å². The molecular formula is C14H12N2O6S. The van der Waals surface area contributed by atoms with E-state index in [0.29, 0.717) is 17.1 Å². The molecule has 8 nitrogen and oxygen atoms in total. The second-order valence-electron chi connectivity index (χ2n) is 4.74. The summed E-state index contributed by atoms with van der Waals surface area (Å²) in [6.45, 7) is 0.103. The molecule has 1 aliphatic heterocycles. The molecular weight excluding hydrogens is 324 g/mol. The fourth-order valence-electron chi connectivity index (χ4n) is 2.14. The first kappa shape index (κ1) is 15.3. The maximum Gasteiger partial charge on any atom is 0.289 e. The van der Waals surface area contributed by atoms with E-state index in [1.165, 1.54) is 18.2 Å². The van der Waals surface area contributed by atoms with E-state index in [9.17, 15) is 18.5 Å². The second-order valence-corrected chi connectivity index (χ2v) is 6.47. The summed E-state index contributed by atoms with van der Waals surface area (Å²) in [5.41, 5.74) is 0.182. The van der Waals surface area contributed by atoms with Crippen molar-refractivity contribution in [3.05, 3.63) is 58.1 Å². The smallest absolute Gasteiger partial charge is 0.289 e. The Labute approximate surface area is 131 Å². The summed E-state index contributed by atoms with van der Waals surface area (Å²) in [4.78, 5) is 9.86. The number of nitro benzene ring substituents is 1. The van der Waals surface area contributed by atoms with Crippen molar-refractivity contribution < 1.29 is 22.8 Å². The van der Waals surface area contributed by atoms with Crippen molar-refractivity contribution >= 4 is 15.7 Å². The Morgan fingerprint density at radius 2 is 1.87 bits per heavy atom. The number of hydrogen-bond donors (Lipinski definition) is 1. The minimum absolute atomic E-state index is 0.0228. The average Bonchev–Trinajstić information content (AvgIpc) is 3.00. The van der Waals surface area contributed by atoms with Crippen LogP contribution in [0.1, 0.15) is 5.56 Å². The molecule has 3 rings (SSSR count). The van der Waals surface area contributed by atoms with Crippen molar-refractivity contribution in [2.24, 2.45) is 0 Å². The van der Waals surface area contributed by atoms with E-state index >= 15 is 0 Å². The number of nitrogens with zero attached hydrogens (tertiary/aromatic N) is 1. The second kappa shape index (κ2) is 5.86. The van der Waals surface area contributed by atoms with E-state index in [1.807, 2.05) is 0 Å². The zero-order chi connectivity index (χ0) is 16.4. The van der Waals surface area contributed by atoms with Gasteiger partial charge in [0.2, 0.25) is 16.8 Å². The Hall–Kier alpha value is -2.65. The fraction of sp³-hybridized carbons (Fsp3) is 0.143. The highest BCUT2D eigenvalue weighted by molar-refractivity contribution is 7.89. The van der Waals surface area contributed by atoms with Gasteiger partial charge in [0.15, 0.2) is 16.4 Å². The van der Waals surface area contributed by atoms with E-state index < -0.39 is 20.6 Å². The molecule has 0 amide bonds. The molecule has 2 aromatic carbocycles. The van der Waals surface area contributed by atoms with E-state index in [2.05, 4.69) is 4.72 Å². The average molecular weight is 336 g/mol. The normalized spacial score (nSPS) is 13.0. The molecule has 0 fully saturated rings. The molecule has 0 saturated heterocycles. The minimum atomic E-state index is -4.01. The number of fused-ring (bicyclic) bond motifs is 1. The Kier molecular flexibility index (Phi) is 3.89. The highest BCUT2D eigenvalue weighted by Gasteiger charge is 2.25. The van der Waals surface area contributed by atoms with E-state index in [-0.39, 0.29) is 18.2 Å². The van der Waals surface area contributed by atoms with Gasteiger partial charge in [-0.15, -0.1) is 0 Å². The van der Waals surface area contributed by atoms with Crippen molar-refractivity contribution in [2.75, 3.05) is 6.79 Å². The number of ether oxygens (including phenoxy) is 2. The Morgan fingerprint density at radius 3 is 2.65 bits per heavy atom. The molecule has 0 atom stereocenters. The van der Waals surface area contributed by atoms with E-state index in [4.69, 9.17) is 9.47 Å². The van der Waals surface area contributed by atoms with Gasteiger partial charge in [-0.1, -0.05) is 18.2 Å². The van der Waals surface area contributed by atoms with Crippen LogP contribution in [-0.4, -0.2) is 20.1 Å². The number of nitrogens with one attached hydrogen (secondary N) is 1. The van der Waals surface area contributed by atoms with Crippen molar-refractivity contribution in [3.63, 3.8) is 0 Å². The third kappa shape index (κ3) is 3.10. The number of benzene rings is 2. The predicted molar refractivity (Wildman–Crippen MR) is 79.7 cm³/mol. The topological polar surface area (TPSA) is 108 Å². The third-order valence-corrected chi connectivity index (χ3v) is 4.70. The number of rotatable bonds is 5. The third-order valence-electron chi connectivity index (χ3n) is 3.25. The van der Waals surface area contributed by atoms with Crippen LogP contribution in [0.4, 0.5) is 5.69 Å². The van der Waals surface area contributed by atoms with Crippen LogP contribution >= 0.6 is 0 Å². The highest BCUT2D eigenvalue weighted by Crippen LogP contribution is 2.32. The molecule has 0 aliphatic carbocycles. The van der Waals surface area contributed by atoms with Crippen LogP contribution in [0.25, 0.3) is 0 Å². The Balaban J connectivity index is 1.81. The molecule has 1 N–H and O–H groups in total. The standard InChI is InChI=1S/C14H12N2O6S/c17-16(18)11-3-1-2-4-14(11)23(19,20)15-8-10-5-6-12-13(7-10)22-9-21-12/h1-7,15H,8-9H2. The van der Waals surface area contributed by atoms with Gasteiger partial charge in [0.1, 0.15) is 0 Å². The molecule has 1 aliphatic rings. The summed E-state index contributed by atoms with van der Waals surface area (Å²) in [6.07, 6.45) is 0. The SMILES string of the molecule is O=[N+]([O-])c1ccccc1S(=O)(=O)NCc1ccc2c(c1)OCO2. The number of sulfonamides is 1. The summed E-state index contributed by atoms with van der Waals surface area (Å²) in [6, 6.07) is 10.2. The summed E-state index contributed by atoms with van der Waals surface area (Å²) >= 11 is 0. The zero-order valence-electron chi connectivity index (χ0n) is 11.8. The van der Waals surface area contributed by atoms with Gasteiger partial charge in [0.05, 0.1) is 4.92 Å². The molecule has 23 heavy (non-hydrogen) atoms. The van der Waals surface area contributed by atoms with Crippen LogP contribution < -0.4 is 14.2 Å². The maximum absolute atomic E-state index is 12.3. The Bertz CT molecular complexity index is 865. The lowest BCUT2D eigenvalue weighted by Gasteiger charge is -2.08. The van der Waals surface area contributed by atoms with Crippen molar-refractivity contribution in [2.45, 2.75) is 11.4 Å². The highest BCUT2D eigenvalue weighted by atomic mass is 32.2. The largest absolute Gasteiger partial charge is 0.454 e. The lowest BCUT2D eigenvalue weighted by atomic mass is 10.2. The van der Waals surface area contributed by atoms with E-state index in [0.717, 1.165) is 6.07 Å². The van der Waals surface area contributed by atoms with Crippen LogP contribution in [0.15, 0.2) is 47.4 Å². The lowest BCUT2D eigenvalue weighted by molar-refractivity contribution is -0.387. The molecule has 0 saturated carbocycles. The van der Waals surface area contributed by atoms with Gasteiger partial charge in [-0.3, -0.25) is 10.1 Å². The van der Waals surface area contributed by atoms with Crippen molar-refractivity contribution in [3.8, 4) is 11.5 Å². The van der Waals surface area contributed by atoms with Crippen LogP contribution in [0, 0.1) is 10.1 Å². The zero-order valence-corrected chi connectivity index (χ0v) is 12.6. The first-order valence-corrected chi connectivity index (χ1v) is 8.07. The maximum atomic E-state index is 12.3. The van der Waals surface area contributed by atoms with Gasteiger partial charge in [-0.25, -0.2) is 13.1 Å². The van der Waals surface area contributed by atoms with Gasteiger partial charge < -0.3 is 9.47 Å². The molecule has 0 radical (unpaired) electrons. The first-order chi connectivity index (χ1) is 11.0. The number of nitro groups is 1. The monoisotopic (exact) mass is 336 g/mol. The minimum Gasteiger partial charge on any atom is -0.454 e. The molecule has 2 aromatic rings. The molecule has 0 unspecified atom stereocenters. The first-order valence-electron chi connectivity index (χ1n) is 6.59. The fourth-order valence-corrected chi connectivity index (χ4v) is 3.33. The van der Waals surface area contributed by atoms with Crippen LogP contribution in [0.5, 0.6) is 11.5 Å². The van der Waals surface area contributed by atoms with Gasteiger partial charge in [-0.2, -0.15) is 0 Å². The Morgan fingerprint density at radius 1 is 1.13 bits per heavy atom. The van der Waals surface area contributed by atoms with Crippen molar-refractivity contribution in [1.29, 1.82) is 0 Å². The molecule has 0 bridgehead atoms. The molecule has 0 spiro atoms. The number of para-hydroxylation sites is 1. The number of hydrogen-bond acceptors (Lipinski definition) is 6. The van der Waals surface area contributed by atoms with Gasteiger partial charge in [0.25, 0.3) is 5.69 Å². The van der Waals surface area contributed by atoms with Crippen LogP contribution in [0.3, 0.4) is 0 Å². The molecule has 0 aromatic heterocycles. The molecule has 9 heteroatoms. The molecule has 1 heterocycles. The van der Waals surface area contributed by atoms with Gasteiger partial charge in [0, 0.05) is 12.6 Å². The summed E-state index contributed by atoms with van der Waals surface area (Å²) in [5.74, 6) is 1.13. The van der Waals surface area contributed by atoms with Gasteiger partial charge >= 0.3 is 0 Å². The summed E-state index contributed by atoms with van der Waals surface area (Å²) in [5, 5.41) is 11.0. The molecule has 120 valence electrons. The van der Waals surface area contributed by atoms with Gasteiger partial charge in [-0.05, 0) is 23.8 Å². The quantitative estimate of drug-likeness (QED) is 0.659. The predicted octanol–water partition coefficient (Wildman–Crippen LogP) is 1.80.